The fourth-order valence-electron chi connectivity index (χ4n) is 2.63. The summed E-state index contributed by atoms with van der Waals surface area (Å²) in [5, 5.41) is 8.25. The summed E-state index contributed by atoms with van der Waals surface area (Å²) in [5.74, 6) is 0. The summed E-state index contributed by atoms with van der Waals surface area (Å²) in [7, 11) is 0. The van der Waals surface area contributed by atoms with Crippen molar-refractivity contribution >= 4 is 0 Å². The van der Waals surface area contributed by atoms with E-state index in [0.29, 0.717) is 6.04 Å². The van der Waals surface area contributed by atoms with Gasteiger partial charge in [0.05, 0.1) is 18.3 Å². The predicted molar refractivity (Wildman–Crippen MR) is 84.0 cm³/mol. The van der Waals surface area contributed by atoms with Gasteiger partial charge in [-0.05, 0) is 50.9 Å². The van der Waals surface area contributed by atoms with Gasteiger partial charge in [-0.3, -0.25) is 4.68 Å². The number of benzene rings is 1. The zero-order valence-electron chi connectivity index (χ0n) is 13.2. The van der Waals surface area contributed by atoms with Gasteiger partial charge in [-0.2, -0.15) is 5.10 Å². The molecule has 1 heterocycles. The van der Waals surface area contributed by atoms with Crippen molar-refractivity contribution in [3.63, 3.8) is 0 Å². The summed E-state index contributed by atoms with van der Waals surface area (Å²) in [5.41, 5.74) is 6.38. The van der Waals surface area contributed by atoms with Crippen molar-refractivity contribution in [1.29, 1.82) is 0 Å². The molecule has 0 spiro atoms. The molecule has 0 aliphatic carbocycles. The van der Waals surface area contributed by atoms with Crippen LogP contribution in [0.1, 0.15) is 41.0 Å². The van der Waals surface area contributed by atoms with Crippen molar-refractivity contribution in [2.24, 2.45) is 0 Å². The fourth-order valence-corrected chi connectivity index (χ4v) is 2.63. The number of nitrogens with zero attached hydrogens (tertiary/aromatic N) is 2. The van der Waals surface area contributed by atoms with E-state index in [1.165, 1.54) is 22.4 Å². The summed E-state index contributed by atoms with van der Waals surface area (Å²) >= 11 is 0. The SMILES string of the molecule is CCNC(Cn1nc(C)c(C)c1C)c1ccccc1C. The smallest absolute Gasteiger partial charge is 0.0625 e. The van der Waals surface area contributed by atoms with Crippen LogP contribution < -0.4 is 5.32 Å². The second-order valence-corrected chi connectivity index (χ2v) is 5.44. The molecule has 0 saturated carbocycles. The summed E-state index contributed by atoms with van der Waals surface area (Å²) in [6.07, 6.45) is 0. The van der Waals surface area contributed by atoms with E-state index in [1.807, 2.05) is 0 Å². The molecule has 0 amide bonds. The quantitative estimate of drug-likeness (QED) is 0.902. The van der Waals surface area contributed by atoms with Crippen LogP contribution in [0, 0.1) is 27.7 Å². The number of aromatic nitrogens is 2. The molecule has 0 aliphatic rings. The maximum atomic E-state index is 4.66. The van der Waals surface area contributed by atoms with Crippen LogP contribution in [0.25, 0.3) is 0 Å². The summed E-state index contributed by atoms with van der Waals surface area (Å²) in [6, 6.07) is 8.89. The first kappa shape index (κ1) is 14.8. The van der Waals surface area contributed by atoms with E-state index < -0.39 is 0 Å². The first-order chi connectivity index (χ1) is 9.54. The molecule has 1 aromatic heterocycles. The Morgan fingerprint density at radius 2 is 1.85 bits per heavy atom. The molecular formula is C17H25N3. The van der Waals surface area contributed by atoms with E-state index in [0.717, 1.165) is 18.8 Å². The third-order valence-corrected chi connectivity index (χ3v) is 4.11. The molecule has 20 heavy (non-hydrogen) atoms. The molecule has 0 radical (unpaired) electrons. The van der Waals surface area contributed by atoms with Gasteiger partial charge in [-0.15, -0.1) is 0 Å². The normalized spacial score (nSPS) is 12.7. The lowest BCUT2D eigenvalue weighted by Gasteiger charge is -2.21. The van der Waals surface area contributed by atoms with Crippen LogP contribution in [-0.2, 0) is 6.54 Å². The molecule has 3 nitrogen and oxygen atoms in total. The maximum Gasteiger partial charge on any atom is 0.0625 e. The summed E-state index contributed by atoms with van der Waals surface area (Å²) < 4.78 is 2.13. The van der Waals surface area contributed by atoms with E-state index in [4.69, 9.17) is 0 Å². The minimum atomic E-state index is 0.304. The highest BCUT2D eigenvalue weighted by molar-refractivity contribution is 5.29. The Labute approximate surface area is 122 Å². The Morgan fingerprint density at radius 1 is 1.15 bits per heavy atom. The average Bonchev–Trinajstić information content (AvgIpc) is 2.66. The van der Waals surface area contributed by atoms with Crippen molar-refractivity contribution in [2.75, 3.05) is 6.54 Å². The number of hydrogen-bond donors (Lipinski definition) is 1. The molecule has 1 N–H and O–H groups in total. The predicted octanol–water partition coefficient (Wildman–Crippen LogP) is 3.47. The Kier molecular flexibility index (Phi) is 4.61. The number of likely N-dealkylation sites (N-methyl/N-ethyl adjacent to an activating group) is 1. The summed E-state index contributed by atoms with van der Waals surface area (Å²) in [4.78, 5) is 0. The lowest BCUT2D eigenvalue weighted by atomic mass is 10.0. The Bertz CT molecular complexity index is 584. The molecule has 0 aliphatic heterocycles. The third kappa shape index (κ3) is 2.93. The van der Waals surface area contributed by atoms with Gasteiger partial charge >= 0.3 is 0 Å². The minimum Gasteiger partial charge on any atom is -0.309 e. The Balaban J connectivity index is 2.30. The minimum absolute atomic E-state index is 0.304. The number of hydrogen-bond acceptors (Lipinski definition) is 2. The van der Waals surface area contributed by atoms with Crippen molar-refractivity contribution in [2.45, 2.75) is 47.2 Å². The molecular weight excluding hydrogens is 246 g/mol. The van der Waals surface area contributed by atoms with Gasteiger partial charge in [0.1, 0.15) is 0 Å². The van der Waals surface area contributed by atoms with Crippen molar-refractivity contribution < 1.29 is 0 Å². The van der Waals surface area contributed by atoms with E-state index >= 15 is 0 Å². The van der Waals surface area contributed by atoms with Crippen LogP contribution in [0.4, 0.5) is 0 Å². The second kappa shape index (κ2) is 6.23. The molecule has 2 aromatic rings. The van der Waals surface area contributed by atoms with E-state index in [2.05, 4.69) is 74.0 Å². The Hall–Kier alpha value is -1.61. The van der Waals surface area contributed by atoms with Gasteiger partial charge in [0.25, 0.3) is 0 Å². The molecule has 2 rings (SSSR count). The number of aryl methyl sites for hydroxylation is 2. The standard InChI is InChI=1S/C17H25N3/c1-6-18-17(16-10-8-7-9-12(16)2)11-20-15(5)13(3)14(4)19-20/h7-10,17-18H,6,11H2,1-5H3. The molecule has 1 aromatic carbocycles. The van der Waals surface area contributed by atoms with Gasteiger partial charge in [0.15, 0.2) is 0 Å². The van der Waals surface area contributed by atoms with Crippen LogP contribution in [0.3, 0.4) is 0 Å². The van der Waals surface area contributed by atoms with E-state index in [-0.39, 0.29) is 0 Å². The lowest BCUT2D eigenvalue weighted by molar-refractivity contribution is 0.439. The van der Waals surface area contributed by atoms with Gasteiger partial charge in [0, 0.05) is 5.69 Å². The Morgan fingerprint density at radius 3 is 2.40 bits per heavy atom. The van der Waals surface area contributed by atoms with Gasteiger partial charge in [-0.25, -0.2) is 0 Å². The summed E-state index contributed by atoms with van der Waals surface area (Å²) in [6.45, 7) is 12.5. The molecule has 3 heteroatoms. The van der Waals surface area contributed by atoms with Gasteiger partial charge in [0.2, 0.25) is 0 Å². The highest BCUT2D eigenvalue weighted by Crippen LogP contribution is 2.21. The van der Waals surface area contributed by atoms with Crippen molar-refractivity contribution in [3.8, 4) is 0 Å². The molecule has 1 atom stereocenters. The van der Waals surface area contributed by atoms with Crippen LogP contribution in [0.2, 0.25) is 0 Å². The molecule has 1 unspecified atom stereocenters. The monoisotopic (exact) mass is 271 g/mol. The molecule has 0 saturated heterocycles. The topological polar surface area (TPSA) is 29.9 Å². The van der Waals surface area contributed by atoms with E-state index in [9.17, 15) is 0 Å². The maximum absolute atomic E-state index is 4.66. The number of rotatable bonds is 5. The van der Waals surface area contributed by atoms with Gasteiger partial charge < -0.3 is 5.32 Å². The van der Waals surface area contributed by atoms with Crippen LogP contribution >= 0.6 is 0 Å². The lowest BCUT2D eigenvalue weighted by Crippen LogP contribution is -2.27. The van der Waals surface area contributed by atoms with Crippen molar-refractivity contribution in [1.82, 2.24) is 15.1 Å². The van der Waals surface area contributed by atoms with Crippen LogP contribution in [0.5, 0.6) is 0 Å². The molecule has 0 bridgehead atoms. The van der Waals surface area contributed by atoms with Gasteiger partial charge in [-0.1, -0.05) is 31.2 Å². The first-order valence-corrected chi connectivity index (χ1v) is 7.34. The van der Waals surface area contributed by atoms with Crippen LogP contribution in [-0.4, -0.2) is 16.3 Å². The van der Waals surface area contributed by atoms with Crippen molar-refractivity contribution in [3.05, 3.63) is 52.3 Å². The largest absolute Gasteiger partial charge is 0.309 e. The first-order valence-electron chi connectivity index (χ1n) is 7.34. The van der Waals surface area contributed by atoms with Crippen LogP contribution in [0.15, 0.2) is 24.3 Å². The third-order valence-electron chi connectivity index (χ3n) is 4.11. The fraction of sp³-hybridized carbons (Fsp3) is 0.471. The molecule has 0 fully saturated rings. The zero-order valence-corrected chi connectivity index (χ0v) is 13.2. The number of nitrogens with one attached hydrogen (secondary N) is 1. The van der Waals surface area contributed by atoms with E-state index in [1.54, 1.807) is 0 Å². The highest BCUT2D eigenvalue weighted by Gasteiger charge is 2.16. The second-order valence-electron chi connectivity index (χ2n) is 5.44. The highest BCUT2D eigenvalue weighted by atomic mass is 15.3. The average molecular weight is 271 g/mol. The molecule has 108 valence electrons. The zero-order chi connectivity index (χ0) is 14.7.